The molecule has 94 valence electrons. The predicted molar refractivity (Wildman–Crippen MR) is 76.8 cm³/mol. The zero-order valence-corrected chi connectivity index (χ0v) is 11.2. The third kappa shape index (κ3) is 2.67. The normalized spacial score (nSPS) is 17.0. The van der Waals surface area contributed by atoms with E-state index >= 15 is 0 Å². The molecular formula is C15H17NOS. The number of thioether (sulfide) groups is 1. The van der Waals surface area contributed by atoms with Crippen molar-refractivity contribution in [3.8, 4) is 0 Å². The fourth-order valence-electron chi connectivity index (χ4n) is 2.09. The molecule has 0 fully saturated rings. The molecule has 3 heteroatoms. The van der Waals surface area contributed by atoms with Crippen LogP contribution in [0.15, 0.2) is 54.5 Å². The summed E-state index contributed by atoms with van der Waals surface area (Å²) in [5, 5.41) is 0.00213. The van der Waals surface area contributed by atoms with Crippen molar-refractivity contribution in [3.63, 3.8) is 0 Å². The van der Waals surface area contributed by atoms with Gasteiger partial charge in [-0.3, -0.25) is 4.79 Å². The standard InChI is InChI=1S/C15H17NOS/c1-3-9-16(10-4-2)15(17)14-11-12-7-5-6-8-13(12)18-14/h3-8,14H,1-2,9-11H2. The molecule has 0 radical (unpaired) electrons. The predicted octanol–water partition coefficient (Wildman–Crippen LogP) is 2.90. The fraction of sp³-hybridized carbons (Fsp3) is 0.267. The van der Waals surface area contributed by atoms with Crippen molar-refractivity contribution in [1.82, 2.24) is 4.90 Å². The molecule has 1 aliphatic heterocycles. The number of hydrogen-bond acceptors (Lipinski definition) is 2. The van der Waals surface area contributed by atoms with Crippen LogP contribution < -0.4 is 0 Å². The summed E-state index contributed by atoms with van der Waals surface area (Å²) >= 11 is 1.66. The molecule has 1 aliphatic rings. The minimum Gasteiger partial charge on any atom is -0.334 e. The Labute approximate surface area is 112 Å². The average Bonchev–Trinajstić information content (AvgIpc) is 2.81. The third-order valence-electron chi connectivity index (χ3n) is 2.93. The third-order valence-corrected chi connectivity index (χ3v) is 4.24. The van der Waals surface area contributed by atoms with Crippen molar-refractivity contribution in [2.45, 2.75) is 16.6 Å². The number of amides is 1. The van der Waals surface area contributed by atoms with Crippen LogP contribution in [0.25, 0.3) is 0 Å². The summed E-state index contributed by atoms with van der Waals surface area (Å²) in [5.74, 6) is 0.177. The topological polar surface area (TPSA) is 20.3 Å². The lowest BCUT2D eigenvalue weighted by Crippen LogP contribution is -2.37. The van der Waals surface area contributed by atoms with Crippen molar-refractivity contribution in [2.75, 3.05) is 13.1 Å². The maximum Gasteiger partial charge on any atom is 0.236 e. The monoisotopic (exact) mass is 259 g/mol. The van der Waals surface area contributed by atoms with Gasteiger partial charge in [0.15, 0.2) is 0 Å². The minimum absolute atomic E-state index is 0.00213. The first-order valence-electron chi connectivity index (χ1n) is 6.01. The summed E-state index contributed by atoms with van der Waals surface area (Å²) in [5.41, 5.74) is 1.28. The molecule has 0 saturated heterocycles. The quantitative estimate of drug-likeness (QED) is 0.758. The molecule has 1 heterocycles. The van der Waals surface area contributed by atoms with Crippen LogP contribution in [0.3, 0.4) is 0 Å². The maximum atomic E-state index is 12.4. The number of hydrogen-bond donors (Lipinski definition) is 0. The molecule has 1 atom stereocenters. The van der Waals surface area contributed by atoms with Gasteiger partial charge in [-0.25, -0.2) is 0 Å². The van der Waals surface area contributed by atoms with E-state index < -0.39 is 0 Å². The Morgan fingerprint density at radius 1 is 1.33 bits per heavy atom. The first-order valence-corrected chi connectivity index (χ1v) is 6.89. The van der Waals surface area contributed by atoms with Crippen LogP contribution in [0, 0.1) is 0 Å². The van der Waals surface area contributed by atoms with Gasteiger partial charge in [0, 0.05) is 18.0 Å². The molecule has 0 saturated carbocycles. The van der Waals surface area contributed by atoms with Gasteiger partial charge in [0.1, 0.15) is 0 Å². The fourth-order valence-corrected chi connectivity index (χ4v) is 3.37. The zero-order valence-electron chi connectivity index (χ0n) is 10.3. The number of benzene rings is 1. The van der Waals surface area contributed by atoms with Crippen molar-refractivity contribution >= 4 is 17.7 Å². The molecule has 1 aromatic rings. The minimum atomic E-state index is 0.00213. The second kappa shape index (κ2) is 5.91. The van der Waals surface area contributed by atoms with Crippen molar-refractivity contribution in [2.24, 2.45) is 0 Å². The Bertz CT molecular complexity index is 434. The Balaban J connectivity index is 2.07. The number of rotatable bonds is 5. The molecule has 1 unspecified atom stereocenters. The lowest BCUT2D eigenvalue weighted by atomic mass is 10.1. The summed E-state index contributed by atoms with van der Waals surface area (Å²) in [6.45, 7) is 8.56. The molecule has 0 spiro atoms. The molecule has 18 heavy (non-hydrogen) atoms. The van der Waals surface area contributed by atoms with Gasteiger partial charge in [0.05, 0.1) is 5.25 Å². The highest BCUT2D eigenvalue weighted by atomic mass is 32.2. The van der Waals surface area contributed by atoms with Crippen LogP contribution in [-0.4, -0.2) is 29.1 Å². The van der Waals surface area contributed by atoms with Gasteiger partial charge in [0.25, 0.3) is 0 Å². The van der Waals surface area contributed by atoms with Gasteiger partial charge in [0.2, 0.25) is 5.91 Å². The van der Waals surface area contributed by atoms with E-state index in [1.54, 1.807) is 28.8 Å². The van der Waals surface area contributed by atoms with Gasteiger partial charge in [-0.15, -0.1) is 24.9 Å². The van der Waals surface area contributed by atoms with E-state index in [0.29, 0.717) is 13.1 Å². The second-order valence-corrected chi connectivity index (χ2v) is 5.48. The molecule has 2 nitrogen and oxygen atoms in total. The van der Waals surface area contributed by atoms with Crippen LogP contribution in [0.1, 0.15) is 5.56 Å². The molecule has 1 aromatic carbocycles. The summed E-state index contributed by atoms with van der Waals surface area (Å²) in [7, 11) is 0. The van der Waals surface area contributed by atoms with Gasteiger partial charge >= 0.3 is 0 Å². The van der Waals surface area contributed by atoms with E-state index in [4.69, 9.17) is 0 Å². The van der Waals surface area contributed by atoms with Crippen LogP contribution in [0.2, 0.25) is 0 Å². The SMILES string of the molecule is C=CCN(CC=C)C(=O)C1Cc2ccccc2S1. The van der Waals surface area contributed by atoms with Crippen molar-refractivity contribution < 1.29 is 4.79 Å². The van der Waals surface area contributed by atoms with Crippen LogP contribution in [-0.2, 0) is 11.2 Å². The molecular weight excluding hydrogens is 242 g/mol. The summed E-state index contributed by atoms with van der Waals surface area (Å²) in [4.78, 5) is 15.4. The highest BCUT2D eigenvalue weighted by Crippen LogP contribution is 2.37. The van der Waals surface area contributed by atoms with E-state index in [1.807, 2.05) is 12.1 Å². The molecule has 1 amide bonds. The summed E-state index contributed by atoms with van der Waals surface area (Å²) in [6.07, 6.45) is 4.34. The van der Waals surface area contributed by atoms with E-state index in [1.165, 1.54) is 10.5 Å². The van der Waals surface area contributed by atoms with Crippen molar-refractivity contribution in [3.05, 3.63) is 55.1 Å². The van der Waals surface area contributed by atoms with Crippen molar-refractivity contribution in [1.29, 1.82) is 0 Å². The first kappa shape index (κ1) is 13.0. The first-order chi connectivity index (χ1) is 8.76. The van der Waals surface area contributed by atoms with E-state index in [2.05, 4.69) is 25.3 Å². The van der Waals surface area contributed by atoms with Crippen LogP contribution >= 0.6 is 11.8 Å². The van der Waals surface area contributed by atoms with Gasteiger partial charge in [-0.1, -0.05) is 30.4 Å². The zero-order chi connectivity index (χ0) is 13.0. The largest absolute Gasteiger partial charge is 0.334 e. The Kier molecular flexibility index (Phi) is 4.26. The van der Waals surface area contributed by atoms with Gasteiger partial charge in [-0.05, 0) is 18.1 Å². The lowest BCUT2D eigenvalue weighted by Gasteiger charge is -2.22. The highest BCUT2D eigenvalue weighted by molar-refractivity contribution is 8.01. The van der Waals surface area contributed by atoms with Gasteiger partial charge < -0.3 is 4.90 Å². The van der Waals surface area contributed by atoms with E-state index in [0.717, 1.165) is 6.42 Å². The maximum absolute atomic E-state index is 12.4. The molecule has 2 rings (SSSR count). The number of nitrogens with zero attached hydrogens (tertiary/aromatic N) is 1. The van der Waals surface area contributed by atoms with Crippen LogP contribution in [0.4, 0.5) is 0 Å². The molecule has 0 bridgehead atoms. The highest BCUT2D eigenvalue weighted by Gasteiger charge is 2.30. The smallest absolute Gasteiger partial charge is 0.236 e. The summed E-state index contributed by atoms with van der Waals surface area (Å²) in [6, 6.07) is 8.22. The van der Waals surface area contributed by atoms with E-state index in [9.17, 15) is 4.79 Å². The second-order valence-electron chi connectivity index (χ2n) is 4.24. The van der Waals surface area contributed by atoms with Crippen LogP contribution in [0.5, 0.6) is 0 Å². The molecule has 0 aromatic heterocycles. The number of fused-ring (bicyclic) bond motifs is 1. The Morgan fingerprint density at radius 2 is 2.00 bits per heavy atom. The van der Waals surface area contributed by atoms with Gasteiger partial charge in [-0.2, -0.15) is 0 Å². The number of carbonyl (C=O) groups excluding carboxylic acids is 1. The Morgan fingerprint density at radius 3 is 2.61 bits per heavy atom. The molecule has 0 N–H and O–H groups in total. The molecule has 0 aliphatic carbocycles. The van der Waals surface area contributed by atoms with E-state index in [-0.39, 0.29) is 11.2 Å². The Hall–Kier alpha value is -1.48. The average molecular weight is 259 g/mol. The summed E-state index contributed by atoms with van der Waals surface area (Å²) < 4.78 is 0. The lowest BCUT2D eigenvalue weighted by molar-refractivity contribution is -0.129. The number of carbonyl (C=O) groups is 1.